The van der Waals surface area contributed by atoms with E-state index in [1.165, 1.54) is 12.1 Å². The molecule has 0 spiro atoms. The second kappa shape index (κ2) is 10.6. The van der Waals surface area contributed by atoms with E-state index >= 15 is 0 Å². The molecular formula is C23H23F3N4O2S. The van der Waals surface area contributed by atoms with Crippen LogP contribution in [-0.2, 0) is 24.1 Å². The lowest BCUT2D eigenvalue weighted by atomic mass is 10.1. The Bertz CT molecular complexity index is 1140. The Balaban J connectivity index is 1.64. The summed E-state index contributed by atoms with van der Waals surface area (Å²) in [4.78, 5) is 12.3. The average molecular weight is 477 g/mol. The molecule has 0 unspecified atom stereocenters. The van der Waals surface area contributed by atoms with Crippen LogP contribution in [0, 0.1) is 13.8 Å². The average Bonchev–Trinajstić information content (AvgIpc) is 3.14. The minimum Gasteiger partial charge on any atom is -0.485 e. The van der Waals surface area contributed by atoms with Crippen LogP contribution in [0.4, 0.5) is 18.9 Å². The molecule has 0 saturated heterocycles. The molecule has 2 aromatic carbocycles. The number of nitrogens with one attached hydrogen (secondary N) is 1. The van der Waals surface area contributed by atoms with Gasteiger partial charge in [0.1, 0.15) is 12.4 Å². The van der Waals surface area contributed by atoms with Gasteiger partial charge in [0.2, 0.25) is 5.91 Å². The van der Waals surface area contributed by atoms with Crippen LogP contribution in [0.2, 0.25) is 0 Å². The van der Waals surface area contributed by atoms with Crippen molar-refractivity contribution in [1.82, 2.24) is 14.8 Å². The summed E-state index contributed by atoms with van der Waals surface area (Å²) >= 11 is 1.12. The van der Waals surface area contributed by atoms with E-state index in [0.717, 1.165) is 40.8 Å². The number of rotatable bonds is 9. The van der Waals surface area contributed by atoms with Gasteiger partial charge in [0.05, 0.1) is 11.3 Å². The number of aryl methyl sites for hydroxylation is 2. The molecule has 0 aliphatic rings. The van der Waals surface area contributed by atoms with Crippen molar-refractivity contribution in [2.24, 2.45) is 0 Å². The van der Waals surface area contributed by atoms with Gasteiger partial charge in [0.25, 0.3) is 0 Å². The Morgan fingerprint density at radius 3 is 2.73 bits per heavy atom. The van der Waals surface area contributed by atoms with Gasteiger partial charge in [-0.05, 0) is 49.2 Å². The van der Waals surface area contributed by atoms with Gasteiger partial charge < -0.3 is 10.1 Å². The summed E-state index contributed by atoms with van der Waals surface area (Å²) < 4.78 is 46.2. The fourth-order valence-electron chi connectivity index (χ4n) is 2.95. The summed E-state index contributed by atoms with van der Waals surface area (Å²) in [6, 6.07) is 10.4. The van der Waals surface area contributed by atoms with Crippen LogP contribution in [0.15, 0.2) is 60.3 Å². The van der Waals surface area contributed by atoms with Crippen LogP contribution >= 0.6 is 11.8 Å². The number of thioether (sulfide) groups is 1. The van der Waals surface area contributed by atoms with Gasteiger partial charge in [0.15, 0.2) is 11.0 Å². The zero-order chi connectivity index (χ0) is 24.0. The van der Waals surface area contributed by atoms with Gasteiger partial charge >= 0.3 is 6.18 Å². The Morgan fingerprint density at radius 1 is 1.21 bits per heavy atom. The topological polar surface area (TPSA) is 69.0 Å². The largest absolute Gasteiger partial charge is 0.485 e. The molecule has 1 N–H and O–H groups in total. The predicted octanol–water partition coefficient (Wildman–Crippen LogP) is 5.41. The fraction of sp³-hybridized carbons (Fsp3) is 0.261. The third-order valence-corrected chi connectivity index (χ3v) is 5.58. The molecule has 3 rings (SSSR count). The lowest BCUT2D eigenvalue weighted by Crippen LogP contribution is -2.15. The number of benzene rings is 2. The number of allylic oxidation sites excluding steroid dienone is 1. The first-order chi connectivity index (χ1) is 15.7. The monoisotopic (exact) mass is 476 g/mol. The molecule has 0 aliphatic heterocycles. The minimum atomic E-state index is -4.48. The normalized spacial score (nSPS) is 11.3. The summed E-state index contributed by atoms with van der Waals surface area (Å²) in [5.41, 5.74) is 1.32. The lowest BCUT2D eigenvalue weighted by molar-refractivity contribution is -0.137. The van der Waals surface area contributed by atoms with E-state index in [4.69, 9.17) is 4.74 Å². The van der Waals surface area contributed by atoms with E-state index in [2.05, 4.69) is 22.1 Å². The number of halogens is 3. The highest BCUT2D eigenvalue weighted by atomic mass is 32.2. The van der Waals surface area contributed by atoms with E-state index < -0.39 is 17.6 Å². The number of hydrogen-bond acceptors (Lipinski definition) is 5. The highest BCUT2D eigenvalue weighted by molar-refractivity contribution is 7.99. The fourth-order valence-corrected chi connectivity index (χ4v) is 3.72. The SMILES string of the molecule is C=CCn1c(COc2cc(C)ccc2C)nnc1SCC(=O)Nc1cccc(C(F)(F)F)c1. The van der Waals surface area contributed by atoms with Crippen molar-refractivity contribution >= 4 is 23.4 Å². The van der Waals surface area contributed by atoms with Gasteiger partial charge in [-0.25, -0.2) is 0 Å². The number of carbonyl (C=O) groups excluding carboxylic acids is 1. The number of hydrogen-bond donors (Lipinski definition) is 1. The molecule has 1 heterocycles. The molecule has 3 aromatic rings. The lowest BCUT2D eigenvalue weighted by Gasteiger charge is -2.11. The molecule has 0 saturated carbocycles. The minimum absolute atomic E-state index is 0.0522. The van der Waals surface area contributed by atoms with Crippen LogP contribution in [0.25, 0.3) is 0 Å². The maximum Gasteiger partial charge on any atom is 0.416 e. The quantitative estimate of drug-likeness (QED) is 0.330. The summed E-state index contributed by atoms with van der Waals surface area (Å²) in [5.74, 6) is 0.804. The number of ether oxygens (including phenoxy) is 1. The number of aromatic nitrogens is 3. The highest BCUT2D eigenvalue weighted by Crippen LogP contribution is 2.30. The van der Waals surface area contributed by atoms with Crippen molar-refractivity contribution in [3.63, 3.8) is 0 Å². The first-order valence-corrected chi connectivity index (χ1v) is 11.0. The standard InChI is InChI=1S/C23H23F3N4O2S/c1-4-10-30-20(13-32-19-11-15(2)8-9-16(19)3)28-29-22(30)33-14-21(31)27-18-7-5-6-17(12-18)23(24,25)26/h4-9,11-12H,1,10,13-14H2,2-3H3,(H,27,31). The summed E-state index contributed by atoms with van der Waals surface area (Å²) in [5, 5.41) is 11.3. The maximum absolute atomic E-state index is 12.9. The van der Waals surface area contributed by atoms with Crippen molar-refractivity contribution in [2.75, 3.05) is 11.1 Å². The molecule has 0 atom stereocenters. The van der Waals surface area contributed by atoms with Gasteiger partial charge in [-0.1, -0.05) is 36.0 Å². The predicted molar refractivity (Wildman–Crippen MR) is 121 cm³/mol. The Morgan fingerprint density at radius 2 is 2.00 bits per heavy atom. The van der Waals surface area contributed by atoms with E-state index in [1.807, 2.05) is 32.0 Å². The second-order valence-corrected chi connectivity index (χ2v) is 8.21. The second-order valence-electron chi connectivity index (χ2n) is 7.27. The third kappa shape index (κ3) is 6.61. The Hall–Kier alpha value is -3.27. The summed E-state index contributed by atoms with van der Waals surface area (Å²) in [6.07, 6.45) is -2.80. The molecule has 174 valence electrons. The van der Waals surface area contributed by atoms with Crippen LogP contribution < -0.4 is 10.1 Å². The van der Waals surface area contributed by atoms with E-state index in [0.29, 0.717) is 17.5 Å². The van der Waals surface area contributed by atoms with Crippen molar-refractivity contribution in [1.29, 1.82) is 0 Å². The number of anilines is 1. The van der Waals surface area contributed by atoms with Gasteiger partial charge in [-0.15, -0.1) is 16.8 Å². The molecule has 0 bridgehead atoms. The third-order valence-electron chi connectivity index (χ3n) is 4.61. The Labute approximate surface area is 193 Å². The summed E-state index contributed by atoms with van der Waals surface area (Å²) in [6.45, 7) is 8.27. The first kappa shape index (κ1) is 24.4. The molecule has 6 nitrogen and oxygen atoms in total. The molecule has 1 amide bonds. The highest BCUT2D eigenvalue weighted by Gasteiger charge is 2.30. The van der Waals surface area contributed by atoms with E-state index in [1.54, 1.807) is 10.6 Å². The van der Waals surface area contributed by atoms with Crippen molar-refractivity contribution in [3.8, 4) is 5.75 Å². The smallest absolute Gasteiger partial charge is 0.416 e. The van der Waals surface area contributed by atoms with Crippen LogP contribution in [0.5, 0.6) is 5.75 Å². The van der Waals surface area contributed by atoms with Gasteiger partial charge in [-0.2, -0.15) is 13.2 Å². The molecule has 10 heteroatoms. The maximum atomic E-state index is 12.9. The van der Waals surface area contributed by atoms with Crippen molar-refractivity contribution < 1.29 is 22.7 Å². The zero-order valence-electron chi connectivity index (χ0n) is 18.1. The van der Waals surface area contributed by atoms with Gasteiger partial charge in [0, 0.05) is 12.2 Å². The first-order valence-electron chi connectivity index (χ1n) is 10.0. The number of alkyl halides is 3. The molecule has 0 aliphatic carbocycles. The molecule has 33 heavy (non-hydrogen) atoms. The van der Waals surface area contributed by atoms with Gasteiger partial charge in [-0.3, -0.25) is 9.36 Å². The van der Waals surface area contributed by atoms with E-state index in [9.17, 15) is 18.0 Å². The molecular weight excluding hydrogens is 453 g/mol. The van der Waals surface area contributed by atoms with Crippen LogP contribution in [0.1, 0.15) is 22.5 Å². The number of carbonyl (C=O) groups is 1. The van der Waals surface area contributed by atoms with Crippen molar-refractivity contribution in [3.05, 3.63) is 77.6 Å². The molecule has 0 radical (unpaired) electrons. The van der Waals surface area contributed by atoms with E-state index in [-0.39, 0.29) is 18.0 Å². The molecule has 1 aromatic heterocycles. The van der Waals surface area contributed by atoms with Crippen LogP contribution in [-0.4, -0.2) is 26.4 Å². The number of amides is 1. The van der Waals surface area contributed by atoms with Crippen LogP contribution in [0.3, 0.4) is 0 Å². The summed E-state index contributed by atoms with van der Waals surface area (Å²) in [7, 11) is 0. The van der Waals surface area contributed by atoms with Crippen molar-refractivity contribution in [2.45, 2.75) is 38.3 Å². The molecule has 0 fully saturated rings. The Kier molecular flexibility index (Phi) is 7.80. The zero-order valence-corrected chi connectivity index (χ0v) is 19.0. The number of nitrogens with zero attached hydrogens (tertiary/aromatic N) is 3.